The Balaban J connectivity index is 1.92. The van der Waals surface area contributed by atoms with Crippen molar-refractivity contribution in [1.29, 1.82) is 0 Å². The van der Waals surface area contributed by atoms with Crippen LogP contribution < -0.4 is 0 Å². The van der Waals surface area contributed by atoms with Crippen LogP contribution in [0.2, 0.25) is 0 Å². The maximum absolute atomic E-state index is 13.4. The normalized spacial score (nSPS) is 21.2. The quantitative estimate of drug-likeness (QED) is 0.845. The number of aryl methyl sites for hydroxylation is 1. The summed E-state index contributed by atoms with van der Waals surface area (Å²) in [4.78, 5) is 22.4. The number of amides is 1. The van der Waals surface area contributed by atoms with Gasteiger partial charge in [0.15, 0.2) is 0 Å². The van der Waals surface area contributed by atoms with Crippen molar-refractivity contribution in [1.82, 2.24) is 14.9 Å². The fourth-order valence-electron chi connectivity index (χ4n) is 3.74. The van der Waals surface area contributed by atoms with Crippen molar-refractivity contribution >= 4 is 5.91 Å². The van der Waals surface area contributed by atoms with E-state index in [0.29, 0.717) is 13.0 Å². The molecule has 3 rings (SSSR count). The van der Waals surface area contributed by atoms with E-state index in [1.54, 1.807) is 23.2 Å². The number of halogens is 1. The molecule has 0 radical (unpaired) electrons. The molecule has 0 spiro atoms. The highest BCUT2D eigenvalue weighted by Crippen LogP contribution is 2.65. The predicted octanol–water partition coefficient (Wildman–Crippen LogP) is 2.55. The fraction of sp³-hybridized carbons (Fsp3) is 0.474. The molecule has 0 bridgehead atoms. The number of benzene rings is 1. The molecule has 1 aliphatic rings. The first-order chi connectivity index (χ1) is 11.8. The molecule has 0 aliphatic heterocycles. The standard InChI is InChI=1S/C19H24FN3O2/c1-13-21-10-16(22-13)11-23(8-9-24)17(25)19(12-18(19,2)3)14-4-6-15(20)7-5-14/h4-7,10,24H,8-9,11-12H2,1-3H3,(H,21,22). The predicted molar refractivity (Wildman–Crippen MR) is 92.3 cm³/mol. The summed E-state index contributed by atoms with van der Waals surface area (Å²) >= 11 is 0. The molecule has 1 atom stereocenters. The van der Waals surface area contributed by atoms with Gasteiger partial charge in [-0.15, -0.1) is 0 Å². The molecular formula is C19H24FN3O2. The summed E-state index contributed by atoms with van der Waals surface area (Å²) in [5.41, 5.74) is 0.768. The highest BCUT2D eigenvalue weighted by Gasteiger charge is 2.67. The summed E-state index contributed by atoms with van der Waals surface area (Å²) in [7, 11) is 0. The first-order valence-electron chi connectivity index (χ1n) is 8.47. The summed E-state index contributed by atoms with van der Waals surface area (Å²) < 4.78 is 13.3. The minimum absolute atomic E-state index is 0.0367. The minimum atomic E-state index is -0.676. The minimum Gasteiger partial charge on any atom is -0.395 e. The maximum Gasteiger partial charge on any atom is 0.234 e. The van der Waals surface area contributed by atoms with Crippen LogP contribution in [0.15, 0.2) is 30.5 Å². The topological polar surface area (TPSA) is 69.2 Å². The van der Waals surface area contributed by atoms with Gasteiger partial charge < -0.3 is 15.0 Å². The number of carbonyl (C=O) groups is 1. The molecular weight excluding hydrogens is 321 g/mol. The molecule has 1 aromatic heterocycles. The monoisotopic (exact) mass is 345 g/mol. The zero-order valence-corrected chi connectivity index (χ0v) is 14.8. The number of hydrogen-bond acceptors (Lipinski definition) is 3. The number of carbonyl (C=O) groups excluding carboxylic acids is 1. The average molecular weight is 345 g/mol. The molecule has 2 N–H and O–H groups in total. The number of aromatic amines is 1. The largest absolute Gasteiger partial charge is 0.395 e. The van der Waals surface area contributed by atoms with Crippen molar-refractivity contribution < 1.29 is 14.3 Å². The van der Waals surface area contributed by atoms with E-state index in [2.05, 4.69) is 9.97 Å². The summed E-state index contributed by atoms with van der Waals surface area (Å²) in [6.07, 6.45) is 2.41. The first kappa shape index (κ1) is 17.6. The smallest absolute Gasteiger partial charge is 0.234 e. The van der Waals surface area contributed by atoms with Gasteiger partial charge in [0.05, 0.1) is 30.5 Å². The van der Waals surface area contributed by atoms with E-state index in [-0.39, 0.29) is 30.3 Å². The Hall–Kier alpha value is -2.21. The highest BCUT2D eigenvalue weighted by atomic mass is 19.1. The zero-order chi connectivity index (χ0) is 18.2. The lowest BCUT2D eigenvalue weighted by atomic mass is 9.86. The summed E-state index contributed by atoms with van der Waals surface area (Å²) in [5.74, 6) is 0.432. The van der Waals surface area contributed by atoms with Crippen LogP contribution in [0.3, 0.4) is 0 Å². The lowest BCUT2D eigenvalue weighted by Crippen LogP contribution is -2.42. The van der Waals surface area contributed by atoms with E-state index in [0.717, 1.165) is 17.1 Å². The zero-order valence-electron chi connectivity index (χ0n) is 14.8. The van der Waals surface area contributed by atoms with Crippen LogP contribution in [-0.2, 0) is 16.8 Å². The van der Waals surface area contributed by atoms with Gasteiger partial charge in [0.25, 0.3) is 0 Å². The number of aliphatic hydroxyl groups excluding tert-OH is 1. The first-order valence-corrected chi connectivity index (χ1v) is 8.47. The average Bonchev–Trinajstić information content (AvgIpc) is 2.92. The van der Waals surface area contributed by atoms with Crippen molar-refractivity contribution in [2.75, 3.05) is 13.2 Å². The number of imidazole rings is 1. The van der Waals surface area contributed by atoms with Crippen LogP contribution in [-0.4, -0.2) is 39.0 Å². The van der Waals surface area contributed by atoms with Crippen molar-refractivity contribution in [2.45, 2.75) is 39.2 Å². The SMILES string of the molecule is Cc1ncc(CN(CCO)C(=O)C2(c3ccc(F)cc3)CC2(C)C)[nH]1. The Bertz CT molecular complexity index is 769. The van der Waals surface area contributed by atoms with Crippen LogP contribution in [0.25, 0.3) is 0 Å². The molecule has 1 aliphatic carbocycles. The van der Waals surface area contributed by atoms with Gasteiger partial charge in [0.1, 0.15) is 11.6 Å². The molecule has 1 heterocycles. The summed E-state index contributed by atoms with van der Waals surface area (Å²) in [5, 5.41) is 9.42. The van der Waals surface area contributed by atoms with E-state index in [4.69, 9.17) is 0 Å². The third kappa shape index (κ3) is 3.06. The van der Waals surface area contributed by atoms with E-state index >= 15 is 0 Å². The molecule has 1 aromatic carbocycles. The number of nitrogens with zero attached hydrogens (tertiary/aromatic N) is 2. The van der Waals surface area contributed by atoms with Gasteiger partial charge in [-0.3, -0.25) is 4.79 Å². The fourth-order valence-corrected chi connectivity index (χ4v) is 3.74. The number of aromatic nitrogens is 2. The van der Waals surface area contributed by atoms with Gasteiger partial charge in [-0.2, -0.15) is 0 Å². The van der Waals surface area contributed by atoms with Crippen LogP contribution in [0.4, 0.5) is 4.39 Å². The molecule has 2 aromatic rings. The Labute approximate surface area is 146 Å². The van der Waals surface area contributed by atoms with Crippen molar-refractivity contribution in [3.63, 3.8) is 0 Å². The van der Waals surface area contributed by atoms with Gasteiger partial charge in [0, 0.05) is 6.54 Å². The Kier molecular flexibility index (Phi) is 4.41. The second-order valence-electron chi connectivity index (χ2n) is 7.42. The van der Waals surface area contributed by atoms with Gasteiger partial charge in [-0.1, -0.05) is 26.0 Å². The second-order valence-corrected chi connectivity index (χ2v) is 7.42. The lowest BCUT2D eigenvalue weighted by Gasteiger charge is -2.29. The third-order valence-electron chi connectivity index (χ3n) is 5.21. The summed E-state index contributed by atoms with van der Waals surface area (Å²) in [6, 6.07) is 6.18. The number of rotatable bonds is 6. The van der Waals surface area contributed by atoms with E-state index < -0.39 is 5.41 Å². The molecule has 0 saturated heterocycles. The lowest BCUT2D eigenvalue weighted by molar-refractivity contribution is -0.136. The van der Waals surface area contributed by atoms with Gasteiger partial charge in [0.2, 0.25) is 5.91 Å². The maximum atomic E-state index is 13.4. The van der Waals surface area contributed by atoms with Crippen molar-refractivity contribution in [3.8, 4) is 0 Å². The molecule has 134 valence electrons. The van der Waals surface area contributed by atoms with Gasteiger partial charge in [-0.05, 0) is 36.5 Å². The Morgan fingerprint density at radius 2 is 2.00 bits per heavy atom. The van der Waals surface area contributed by atoms with Crippen LogP contribution in [0, 0.1) is 18.2 Å². The van der Waals surface area contributed by atoms with Crippen LogP contribution >= 0.6 is 0 Å². The molecule has 6 heteroatoms. The van der Waals surface area contributed by atoms with Crippen molar-refractivity contribution in [3.05, 3.63) is 53.4 Å². The van der Waals surface area contributed by atoms with Crippen LogP contribution in [0.5, 0.6) is 0 Å². The molecule has 25 heavy (non-hydrogen) atoms. The number of aliphatic hydroxyl groups is 1. The van der Waals surface area contributed by atoms with E-state index in [1.165, 1.54) is 12.1 Å². The van der Waals surface area contributed by atoms with Gasteiger partial charge in [-0.25, -0.2) is 9.37 Å². The Morgan fingerprint density at radius 3 is 2.48 bits per heavy atom. The summed E-state index contributed by atoms with van der Waals surface area (Å²) in [6.45, 7) is 6.44. The third-order valence-corrected chi connectivity index (χ3v) is 5.21. The molecule has 1 unspecified atom stereocenters. The van der Waals surface area contributed by atoms with E-state index in [1.807, 2.05) is 20.8 Å². The van der Waals surface area contributed by atoms with Crippen LogP contribution in [0.1, 0.15) is 37.4 Å². The molecule has 1 fully saturated rings. The second kappa shape index (κ2) is 6.26. The molecule has 5 nitrogen and oxygen atoms in total. The molecule has 1 amide bonds. The van der Waals surface area contributed by atoms with Crippen molar-refractivity contribution in [2.24, 2.45) is 5.41 Å². The Morgan fingerprint density at radius 1 is 1.36 bits per heavy atom. The van der Waals surface area contributed by atoms with E-state index in [9.17, 15) is 14.3 Å². The number of hydrogen-bond donors (Lipinski definition) is 2. The number of H-pyrrole nitrogens is 1. The molecule has 1 saturated carbocycles. The number of nitrogens with one attached hydrogen (secondary N) is 1. The van der Waals surface area contributed by atoms with Gasteiger partial charge >= 0.3 is 0 Å². The highest BCUT2D eigenvalue weighted by molar-refractivity contribution is 5.93.